The van der Waals surface area contributed by atoms with Crippen LogP contribution in [-0.4, -0.2) is 31.0 Å². The number of aryl methyl sites for hydroxylation is 1. The zero-order valence-corrected chi connectivity index (χ0v) is 15.3. The van der Waals surface area contributed by atoms with E-state index < -0.39 is 21.2 Å². The zero-order valence-electron chi connectivity index (χ0n) is 14.5. The quantitative estimate of drug-likeness (QED) is 0.380. The van der Waals surface area contributed by atoms with Crippen molar-refractivity contribution >= 4 is 27.9 Å². The van der Waals surface area contributed by atoms with Crippen molar-refractivity contribution in [3.8, 4) is 5.75 Å². The number of unbranched alkanes of at least 4 members (excludes halogenated alkanes) is 1. The second-order valence-electron chi connectivity index (χ2n) is 5.54. The van der Waals surface area contributed by atoms with Crippen LogP contribution in [-0.2, 0) is 10.1 Å². The Labute approximate surface area is 152 Å². The average Bonchev–Trinajstić information content (AvgIpc) is 2.56. The first-order chi connectivity index (χ1) is 12.3. The Morgan fingerprint density at radius 1 is 1.23 bits per heavy atom. The summed E-state index contributed by atoms with van der Waals surface area (Å²) >= 11 is 0. The lowest BCUT2D eigenvalue weighted by Crippen LogP contribution is -2.30. The molecule has 9 nitrogen and oxygen atoms in total. The SMILES string of the molecule is CCCCNC(=O)Nc1nc(N)cc(S(=O)(=O)Oc2ccc(C)cc2)n1. The van der Waals surface area contributed by atoms with Gasteiger partial charge in [-0.1, -0.05) is 31.0 Å². The van der Waals surface area contributed by atoms with Gasteiger partial charge in [0.1, 0.15) is 11.6 Å². The first kappa shape index (κ1) is 19.4. The summed E-state index contributed by atoms with van der Waals surface area (Å²) < 4.78 is 29.8. The highest BCUT2D eigenvalue weighted by atomic mass is 32.2. The van der Waals surface area contributed by atoms with Gasteiger partial charge in [-0.25, -0.2) is 4.79 Å². The van der Waals surface area contributed by atoms with Crippen LogP contribution < -0.4 is 20.6 Å². The highest BCUT2D eigenvalue weighted by Crippen LogP contribution is 2.19. The van der Waals surface area contributed by atoms with Gasteiger partial charge in [-0.15, -0.1) is 0 Å². The third-order valence-electron chi connectivity index (χ3n) is 3.25. The van der Waals surface area contributed by atoms with Crippen LogP contribution in [0.1, 0.15) is 25.3 Å². The fraction of sp³-hybridized carbons (Fsp3) is 0.312. The van der Waals surface area contributed by atoms with Crippen molar-refractivity contribution in [3.63, 3.8) is 0 Å². The molecule has 0 radical (unpaired) electrons. The Balaban J connectivity index is 2.16. The Morgan fingerprint density at radius 3 is 2.58 bits per heavy atom. The molecule has 26 heavy (non-hydrogen) atoms. The van der Waals surface area contributed by atoms with Gasteiger partial charge in [-0.3, -0.25) is 5.32 Å². The molecule has 2 rings (SSSR count). The fourth-order valence-corrected chi connectivity index (χ4v) is 2.83. The van der Waals surface area contributed by atoms with Crippen LogP contribution >= 0.6 is 0 Å². The smallest absolute Gasteiger partial charge is 0.357 e. The lowest BCUT2D eigenvalue weighted by atomic mass is 10.2. The van der Waals surface area contributed by atoms with Crippen LogP contribution in [0, 0.1) is 6.92 Å². The molecule has 10 heteroatoms. The van der Waals surface area contributed by atoms with Crippen LogP contribution in [0.5, 0.6) is 5.75 Å². The highest BCUT2D eigenvalue weighted by molar-refractivity contribution is 7.87. The molecule has 1 heterocycles. The number of nitrogens with one attached hydrogen (secondary N) is 2. The topological polar surface area (TPSA) is 136 Å². The number of carbonyl (C=O) groups excluding carboxylic acids is 1. The minimum absolute atomic E-state index is 0.116. The van der Waals surface area contributed by atoms with Gasteiger partial charge in [0.05, 0.1) is 0 Å². The summed E-state index contributed by atoms with van der Waals surface area (Å²) in [5.41, 5.74) is 6.58. The Hall–Kier alpha value is -2.88. The summed E-state index contributed by atoms with van der Waals surface area (Å²) in [6, 6.07) is 6.99. The van der Waals surface area contributed by atoms with Crippen molar-refractivity contribution in [1.82, 2.24) is 15.3 Å². The van der Waals surface area contributed by atoms with E-state index in [9.17, 15) is 13.2 Å². The molecule has 2 amide bonds. The Bertz CT molecular complexity index is 869. The van der Waals surface area contributed by atoms with E-state index in [1.54, 1.807) is 12.1 Å². The van der Waals surface area contributed by atoms with E-state index in [0.717, 1.165) is 24.5 Å². The molecular formula is C16H21N5O4S. The number of hydrogen-bond donors (Lipinski definition) is 3. The highest BCUT2D eigenvalue weighted by Gasteiger charge is 2.21. The number of aromatic nitrogens is 2. The molecule has 0 saturated heterocycles. The second kappa shape index (κ2) is 8.48. The van der Waals surface area contributed by atoms with Gasteiger partial charge in [0, 0.05) is 12.6 Å². The van der Waals surface area contributed by atoms with Crippen LogP contribution in [0.2, 0.25) is 0 Å². The summed E-state index contributed by atoms with van der Waals surface area (Å²) in [5, 5.41) is 4.51. The Morgan fingerprint density at radius 2 is 1.92 bits per heavy atom. The molecule has 140 valence electrons. The molecule has 0 fully saturated rings. The third-order valence-corrected chi connectivity index (χ3v) is 4.38. The summed E-state index contributed by atoms with van der Waals surface area (Å²) in [4.78, 5) is 19.4. The minimum atomic E-state index is -4.23. The van der Waals surface area contributed by atoms with Crippen LogP contribution in [0.3, 0.4) is 0 Å². The standard InChI is InChI=1S/C16H21N5O4S/c1-3-4-9-18-16(22)21-15-19-13(17)10-14(20-15)26(23,24)25-12-7-5-11(2)6-8-12/h5-8,10H,3-4,9H2,1-2H3,(H4,17,18,19,20,21,22). The maximum Gasteiger partial charge on any atom is 0.357 e. The second-order valence-corrected chi connectivity index (χ2v) is 7.03. The average molecular weight is 379 g/mol. The van der Waals surface area contributed by atoms with E-state index in [2.05, 4.69) is 20.6 Å². The predicted molar refractivity (Wildman–Crippen MR) is 97.4 cm³/mol. The van der Waals surface area contributed by atoms with Gasteiger partial charge < -0.3 is 15.2 Å². The lowest BCUT2D eigenvalue weighted by Gasteiger charge is -2.10. The third kappa shape index (κ3) is 5.59. The molecule has 0 aliphatic heterocycles. The van der Waals surface area contributed by atoms with Crippen molar-refractivity contribution in [2.24, 2.45) is 0 Å². The van der Waals surface area contributed by atoms with E-state index >= 15 is 0 Å². The van der Waals surface area contributed by atoms with Crippen molar-refractivity contribution in [2.45, 2.75) is 31.7 Å². The fourth-order valence-electron chi connectivity index (χ4n) is 1.91. The molecule has 0 unspecified atom stereocenters. The number of rotatable bonds is 7. The van der Waals surface area contributed by atoms with Crippen LogP contribution in [0.15, 0.2) is 35.4 Å². The van der Waals surface area contributed by atoms with Crippen molar-refractivity contribution in [2.75, 3.05) is 17.6 Å². The van der Waals surface area contributed by atoms with Gasteiger partial charge >= 0.3 is 16.1 Å². The molecule has 0 spiro atoms. The van der Waals surface area contributed by atoms with E-state index in [1.807, 2.05) is 13.8 Å². The molecule has 0 saturated carbocycles. The number of anilines is 2. The molecule has 0 bridgehead atoms. The summed E-state index contributed by atoms with van der Waals surface area (Å²) in [5.74, 6) is -0.209. The summed E-state index contributed by atoms with van der Waals surface area (Å²) in [6.45, 7) is 4.34. The predicted octanol–water partition coefficient (Wildman–Crippen LogP) is 2.06. The molecule has 1 aromatic carbocycles. The number of urea groups is 1. The van der Waals surface area contributed by atoms with Crippen molar-refractivity contribution in [3.05, 3.63) is 35.9 Å². The normalized spacial score (nSPS) is 11.0. The monoisotopic (exact) mass is 379 g/mol. The minimum Gasteiger partial charge on any atom is -0.383 e. The first-order valence-corrected chi connectivity index (χ1v) is 9.41. The van der Waals surface area contributed by atoms with E-state index in [1.165, 1.54) is 12.1 Å². The number of nitrogen functional groups attached to an aromatic ring is 1. The molecule has 2 aromatic rings. The van der Waals surface area contributed by atoms with E-state index in [-0.39, 0.29) is 17.5 Å². The van der Waals surface area contributed by atoms with Crippen LogP contribution in [0.4, 0.5) is 16.6 Å². The number of hydrogen-bond acceptors (Lipinski definition) is 7. The largest absolute Gasteiger partial charge is 0.383 e. The Kier molecular flexibility index (Phi) is 6.34. The van der Waals surface area contributed by atoms with Crippen molar-refractivity contribution < 1.29 is 17.4 Å². The summed E-state index contributed by atoms with van der Waals surface area (Å²) in [7, 11) is -4.23. The molecular weight excluding hydrogens is 358 g/mol. The van der Waals surface area contributed by atoms with Crippen molar-refractivity contribution in [1.29, 1.82) is 0 Å². The molecule has 1 aromatic heterocycles. The van der Waals surface area contributed by atoms with E-state index in [0.29, 0.717) is 6.54 Å². The molecule has 0 aliphatic rings. The molecule has 0 atom stereocenters. The number of amides is 2. The number of carbonyl (C=O) groups is 1. The number of nitrogens with two attached hydrogens (primary N) is 1. The van der Waals surface area contributed by atoms with Gasteiger partial charge in [0.25, 0.3) is 0 Å². The molecule has 4 N–H and O–H groups in total. The van der Waals surface area contributed by atoms with Gasteiger partial charge in [0.2, 0.25) is 11.0 Å². The maximum absolute atomic E-state index is 12.4. The van der Waals surface area contributed by atoms with E-state index in [4.69, 9.17) is 9.92 Å². The van der Waals surface area contributed by atoms with Gasteiger partial charge in [-0.2, -0.15) is 18.4 Å². The van der Waals surface area contributed by atoms with Gasteiger partial charge in [0.15, 0.2) is 0 Å². The number of nitrogens with zero attached hydrogens (tertiary/aromatic N) is 2. The van der Waals surface area contributed by atoms with Crippen LogP contribution in [0.25, 0.3) is 0 Å². The molecule has 0 aliphatic carbocycles. The number of benzene rings is 1. The first-order valence-electron chi connectivity index (χ1n) is 8.00. The summed E-state index contributed by atoms with van der Waals surface area (Å²) in [6.07, 6.45) is 1.74. The van der Waals surface area contributed by atoms with Gasteiger partial charge in [-0.05, 0) is 25.5 Å². The maximum atomic E-state index is 12.4. The zero-order chi connectivity index (χ0) is 19.2. The lowest BCUT2D eigenvalue weighted by molar-refractivity contribution is 0.251.